The van der Waals surface area contributed by atoms with Gasteiger partial charge in [0.05, 0.1) is 26.4 Å². The monoisotopic (exact) mass is 292 g/mol. The van der Waals surface area contributed by atoms with Gasteiger partial charge in [0.2, 0.25) is 0 Å². The third-order valence-electron chi connectivity index (χ3n) is 3.54. The van der Waals surface area contributed by atoms with Crippen LogP contribution in [-0.4, -0.2) is 84.0 Å². The minimum atomic E-state index is -1.48. The molecule has 0 aromatic heterocycles. The van der Waals surface area contributed by atoms with Crippen LogP contribution in [0.3, 0.4) is 0 Å². The summed E-state index contributed by atoms with van der Waals surface area (Å²) in [6.45, 7) is 1.08. The van der Waals surface area contributed by atoms with Crippen LogP contribution in [0.25, 0.3) is 0 Å². The van der Waals surface area contributed by atoms with Gasteiger partial charge in [0, 0.05) is 6.61 Å². The van der Waals surface area contributed by atoms with Crippen molar-refractivity contribution in [2.45, 2.75) is 43.4 Å². The maximum absolute atomic E-state index is 10.0. The fraction of sp³-hybridized carbons (Fsp3) is 1.00. The van der Waals surface area contributed by atoms with Gasteiger partial charge >= 0.3 is 0 Å². The van der Waals surface area contributed by atoms with Gasteiger partial charge in [-0.25, -0.2) is 0 Å². The number of epoxide rings is 1. The van der Waals surface area contributed by atoms with E-state index >= 15 is 0 Å². The summed E-state index contributed by atoms with van der Waals surface area (Å²) >= 11 is 0. The van der Waals surface area contributed by atoms with Crippen molar-refractivity contribution in [3.63, 3.8) is 0 Å². The van der Waals surface area contributed by atoms with E-state index in [9.17, 15) is 15.3 Å². The molecule has 1 aliphatic heterocycles. The molecule has 7 nitrogen and oxygen atoms in total. The van der Waals surface area contributed by atoms with Crippen LogP contribution in [0.4, 0.5) is 0 Å². The molecule has 20 heavy (non-hydrogen) atoms. The summed E-state index contributed by atoms with van der Waals surface area (Å²) in [5.41, 5.74) is 0. The number of aliphatic hydroxyl groups is 4. The second-order valence-corrected chi connectivity index (χ2v) is 5.54. The van der Waals surface area contributed by atoms with E-state index in [0.717, 1.165) is 12.8 Å². The van der Waals surface area contributed by atoms with Gasteiger partial charge in [0.25, 0.3) is 0 Å². The zero-order chi connectivity index (χ0) is 14.5. The molecule has 1 heterocycles. The summed E-state index contributed by atoms with van der Waals surface area (Å²) in [6.07, 6.45) is -2.60. The number of hydrogen-bond donors (Lipinski definition) is 4. The lowest BCUT2D eigenvalue weighted by Crippen LogP contribution is -2.48. The van der Waals surface area contributed by atoms with Gasteiger partial charge in [-0.05, 0) is 18.8 Å². The van der Waals surface area contributed by atoms with E-state index in [4.69, 9.17) is 19.3 Å². The predicted molar refractivity (Wildman–Crippen MR) is 68.1 cm³/mol. The SMILES string of the molecule is OC[C@H](O)[C@@H](O)[C@H](O)[C@@H](COCC1CC1)OCC1CO1. The Labute approximate surface area is 118 Å². The van der Waals surface area contributed by atoms with Crippen LogP contribution in [0.5, 0.6) is 0 Å². The molecule has 7 heteroatoms. The molecule has 5 atom stereocenters. The lowest BCUT2D eigenvalue weighted by Gasteiger charge is -2.28. The Morgan fingerprint density at radius 1 is 1.10 bits per heavy atom. The maximum atomic E-state index is 10.0. The largest absolute Gasteiger partial charge is 0.394 e. The van der Waals surface area contributed by atoms with Crippen LogP contribution in [-0.2, 0) is 14.2 Å². The van der Waals surface area contributed by atoms with E-state index in [0.29, 0.717) is 25.7 Å². The van der Waals surface area contributed by atoms with E-state index in [-0.39, 0.29) is 12.7 Å². The van der Waals surface area contributed by atoms with E-state index in [1.165, 1.54) is 0 Å². The second kappa shape index (κ2) is 7.65. The molecule has 0 radical (unpaired) electrons. The van der Waals surface area contributed by atoms with Crippen molar-refractivity contribution in [2.24, 2.45) is 5.92 Å². The Bertz CT molecular complexity index is 280. The quantitative estimate of drug-likeness (QED) is 0.335. The van der Waals surface area contributed by atoms with Gasteiger partial charge in [-0.1, -0.05) is 0 Å². The fourth-order valence-corrected chi connectivity index (χ4v) is 1.83. The zero-order valence-electron chi connectivity index (χ0n) is 11.4. The fourth-order valence-electron chi connectivity index (χ4n) is 1.83. The topological polar surface area (TPSA) is 112 Å². The Balaban J connectivity index is 1.77. The number of hydrogen-bond acceptors (Lipinski definition) is 7. The summed E-state index contributed by atoms with van der Waals surface area (Å²) in [7, 11) is 0. The molecule has 1 saturated heterocycles. The molecule has 0 bridgehead atoms. The second-order valence-electron chi connectivity index (χ2n) is 5.54. The minimum absolute atomic E-state index is 0.0352. The molecular weight excluding hydrogens is 268 g/mol. The Kier molecular flexibility index (Phi) is 6.16. The zero-order valence-corrected chi connectivity index (χ0v) is 11.4. The van der Waals surface area contributed by atoms with E-state index < -0.39 is 31.0 Å². The summed E-state index contributed by atoms with van der Waals surface area (Å²) in [6, 6.07) is 0. The van der Waals surface area contributed by atoms with Crippen molar-refractivity contribution >= 4 is 0 Å². The molecule has 0 spiro atoms. The van der Waals surface area contributed by atoms with Crippen molar-refractivity contribution in [3.05, 3.63) is 0 Å². The highest BCUT2D eigenvalue weighted by Crippen LogP contribution is 2.29. The predicted octanol–water partition coefficient (Wildman–Crippen LogP) is -1.73. The summed E-state index contributed by atoms with van der Waals surface area (Å²) < 4.78 is 16.0. The van der Waals surface area contributed by atoms with Crippen LogP contribution in [0, 0.1) is 5.92 Å². The van der Waals surface area contributed by atoms with Crippen LogP contribution < -0.4 is 0 Å². The molecule has 1 aliphatic carbocycles. The molecular formula is C13H24O7. The maximum Gasteiger partial charge on any atom is 0.111 e. The van der Waals surface area contributed by atoms with Crippen LogP contribution in [0.15, 0.2) is 0 Å². The average Bonchev–Trinajstić information content (AvgIpc) is 3.33. The summed E-state index contributed by atoms with van der Waals surface area (Å²) in [5, 5.41) is 37.9. The molecule has 0 aromatic carbocycles. The first-order chi connectivity index (χ1) is 9.61. The molecule has 118 valence electrons. The van der Waals surface area contributed by atoms with Crippen molar-refractivity contribution in [1.82, 2.24) is 0 Å². The number of aliphatic hydroxyl groups excluding tert-OH is 4. The van der Waals surface area contributed by atoms with Gasteiger partial charge in [-0.2, -0.15) is 0 Å². The standard InChI is InChI=1S/C13H24O7/c14-3-10(15)12(16)13(17)11(20-6-9-5-19-9)7-18-4-8-1-2-8/h8-17H,1-7H2/t9?,10-,11+,12+,13+/m0/s1. The van der Waals surface area contributed by atoms with Crippen molar-refractivity contribution < 1.29 is 34.6 Å². The summed E-state index contributed by atoms with van der Waals surface area (Å²) in [5.74, 6) is 0.590. The Morgan fingerprint density at radius 2 is 1.80 bits per heavy atom. The molecule has 0 amide bonds. The molecule has 2 rings (SSSR count). The molecule has 1 saturated carbocycles. The Hall–Kier alpha value is -0.280. The minimum Gasteiger partial charge on any atom is -0.394 e. The first-order valence-corrected chi connectivity index (χ1v) is 7.07. The number of rotatable bonds is 11. The molecule has 2 fully saturated rings. The first-order valence-electron chi connectivity index (χ1n) is 7.07. The van der Waals surface area contributed by atoms with Gasteiger partial charge in [0.1, 0.15) is 30.5 Å². The van der Waals surface area contributed by atoms with Gasteiger partial charge in [0.15, 0.2) is 0 Å². The lowest BCUT2D eigenvalue weighted by molar-refractivity contribution is -0.148. The number of ether oxygens (including phenoxy) is 3. The summed E-state index contributed by atoms with van der Waals surface area (Å²) in [4.78, 5) is 0. The smallest absolute Gasteiger partial charge is 0.111 e. The third kappa shape index (κ3) is 5.25. The average molecular weight is 292 g/mol. The van der Waals surface area contributed by atoms with Crippen LogP contribution in [0.1, 0.15) is 12.8 Å². The first kappa shape index (κ1) is 16.1. The van der Waals surface area contributed by atoms with Crippen LogP contribution >= 0.6 is 0 Å². The molecule has 0 aromatic rings. The highest BCUT2D eigenvalue weighted by molar-refractivity contribution is 4.83. The van der Waals surface area contributed by atoms with Crippen molar-refractivity contribution in [2.75, 3.05) is 33.0 Å². The van der Waals surface area contributed by atoms with Gasteiger partial charge < -0.3 is 34.6 Å². The third-order valence-corrected chi connectivity index (χ3v) is 3.54. The van der Waals surface area contributed by atoms with E-state index in [2.05, 4.69) is 0 Å². The van der Waals surface area contributed by atoms with Crippen molar-refractivity contribution in [1.29, 1.82) is 0 Å². The van der Waals surface area contributed by atoms with Gasteiger partial charge in [-0.3, -0.25) is 0 Å². The highest BCUT2D eigenvalue weighted by atomic mass is 16.6. The highest BCUT2D eigenvalue weighted by Gasteiger charge is 2.34. The molecule has 2 aliphatic rings. The van der Waals surface area contributed by atoms with E-state index in [1.54, 1.807) is 0 Å². The van der Waals surface area contributed by atoms with Gasteiger partial charge in [-0.15, -0.1) is 0 Å². The lowest BCUT2D eigenvalue weighted by atomic mass is 10.0. The Morgan fingerprint density at radius 3 is 2.35 bits per heavy atom. The molecule has 1 unspecified atom stereocenters. The van der Waals surface area contributed by atoms with E-state index in [1.807, 2.05) is 0 Å². The normalized spacial score (nSPS) is 27.9. The van der Waals surface area contributed by atoms with Crippen LogP contribution in [0.2, 0.25) is 0 Å². The molecule has 4 N–H and O–H groups in total. The van der Waals surface area contributed by atoms with Crippen molar-refractivity contribution in [3.8, 4) is 0 Å².